The molecule has 0 aliphatic heterocycles. The Kier molecular flexibility index (Phi) is 4.63. The summed E-state index contributed by atoms with van der Waals surface area (Å²) in [6.45, 7) is 0.560. The van der Waals surface area contributed by atoms with E-state index in [1.165, 1.54) is 45.0 Å². The highest BCUT2D eigenvalue weighted by atomic mass is 32.2. The molecule has 3 rings (SSSR count). The molecule has 2 heterocycles. The van der Waals surface area contributed by atoms with Gasteiger partial charge in [0.15, 0.2) is 0 Å². The number of sulfonamides is 1. The molecule has 1 saturated carbocycles. The van der Waals surface area contributed by atoms with Crippen LogP contribution in [0.4, 0.5) is 5.82 Å². The van der Waals surface area contributed by atoms with E-state index < -0.39 is 10.0 Å². The van der Waals surface area contributed by atoms with Crippen LogP contribution in [0.2, 0.25) is 0 Å². The zero-order chi connectivity index (χ0) is 16.3. The average molecular weight is 335 g/mol. The number of hydrogen-bond donors (Lipinski definition) is 2. The van der Waals surface area contributed by atoms with Gasteiger partial charge in [-0.3, -0.25) is 4.68 Å². The molecule has 1 aliphatic carbocycles. The third-order valence-electron chi connectivity index (χ3n) is 4.13. The summed E-state index contributed by atoms with van der Waals surface area (Å²) in [6, 6.07) is 5.72. The minimum atomic E-state index is -3.44. The minimum absolute atomic E-state index is 0.149. The summed E-state index contributed by atoms with van der Waals surface area (Å²) in [5.41, 5.74) is 0.950. The second kappa shape index (κ2) is 6.67. The van der Waals surface area contributed by atoms with Crippen LogP contribution in [-0.4, -0.2) is 30.2 Å². The minimum Gasteiger partial charge on any atom is -0.364 e. The Hall–Kier alpha value is -1.93. The number of hydrogen-bond acceptors (Lipinski definition) is 5. The maximum absolute atomic E-state index is 11.6. The predicted molar refractivity (Wildman–Crippen MR) is 87.5 cm³/mol. The standard InChI is InChI=1S/C15H21N5O2S/c1-16-23(21,22)14-6-7-15(18-11-14)17-10-12-8-9-20(19-12)13-4-2-3-5-13/h6-9,11,13,16H,2-5,10H2,1H3,(H,17,18). The molecule has 2 aromatic rings. The topological polar surface area (TPSA) is 88.9 Å². The Labute approximate surface area is 136 Å². The van der Waals surface area contributed by atoms with Crippen LogP contribution in [0, 0.1) is 0 Å². The van der Waals surface area contributed by atoms with E-state index >= 15 is 0 Å². The monoisotopic (exact) mass is 335 g/mol. The van der Waals surface area contributed by atoms with Crippen molar-refractivity contribution in [2.75, 3.05) is 12.4 Å². The molecular weight excluding hydrogens is 314 g/mol. The van der Waals surface area contributed by atoms with Crippen molar-refractivity contribution in [3.63, 3.8) is 0 Å². The lowest BCUT2D eigenvalue weighted by molar-refractivity contribution is 0.463. The molecule has 0 bridgehead atoms. The number of pyridine rings is 1. The maximum Gasteiger partial charge on any atom is 0.241 e. The number of aromatic nitrogens is 3. The quantitative estimate of drug-likeness (QED) is 0.842. The number of nitrogens with zero attached hydrogens (tertiary/aromatic N) is 3. The van der Waals surface area contributed by atoms with Crippen molar-refractivity contribution in [3.05, 3.63) is 36.3 Å². The second-order valence-electron chi connectivity index (χ2n) is 5.67. The van der Waals surface area contributed by atoms with E-state index in [1.54, 1.807) is 6.07 Å². The van der Waals surface area contributed by atoms with Gasteiger partial charge in [0.2, 0.25) is 10.0 Å². The lowest BCUT2D eigenvalue weighted by Crippen LogP contribution is -2.18. The molecule has 1 aliphatic rings. The summed E-state index contributed by atoms with van der Waals surface area (Å²) in [6.07, 6.45) is 8.34. The van der Waals surface area contributed by atoms with Crippen LogP contribution >= 0.6 is 0 Å². The van der Waals surface area contributed by atoms with Crippen LogP contribution in [0.3, 0.4) is 0 Å². The van der Waals surface area contributed by atoms with Crippen molar-refractivity contribution in [2.45, 2.75) is 43.2 Å². The fraction of sp³-hybridized carbons (Fsp3) is 0.467. The third-order valence-corrected chi connectivity index (χ3v) is 5.53. The number of rotatable bonds is 6. The molecular formula is C15H21N5O2S. The normalized spacial score (nSPS) is 15.9. The Balaban J connectivity index is 1.60. The van der Waals surface area contributed by atoms with Crippen LogP contribution < -0.4 is 10.0 Å². The molecule has 0 spiro atoms. The largest absolute Gasteiger partial charge is 0.364 e. The van der Waals surface area contributed by atoms with Crippen LogP contribution in [0.1, 0.15) is 37.4 Å². The van der Waals surface area contributed by atoms with Gasteiger partial charge >= 0.3 is 0 Å². The number of nitrogens with one attached hydrogen (secondary N) is 2. The first-order valence-corrected chi connectivity index (χ1v) is 9.24. The summed E-state index contributed by atoms with van der Waals surface area (Å²) in [7, 11) is -2.07. The van der Waals surface area contributed by atoms with E-state index in [0.717, 1.165) is 5.69 Å². The summed E-state index contributed by atoms with van der Waals surface area (Å²) >= 11 is 0. The molecule has 0 unspecified atom stereocenters. The van der Waals surface area contributed by atoms with Crippen molar-refractivity contribution in [1.29, 1.82) is 0 Å². The summed E-state index contributed by atoms with van der Waals surface area (Å²) in [4.78, 5) is 4.28. The first kappa shape index (κ1) is 15.9. The van der Waals surface area contributed by atoms with Crippen molar-refractivity contribution >= 4 is 15.8 Å². The predicted octanol–water partition coefficient (Wildman–Crippen LogP) is 1.91. The SMILES string of the molecule is CNS(=O)(=O)c1ccc(NCc2ccn(C3CCCC3)n2)nc1. The third kappa shape index (κ3) is 3.70. The zero-order valence-corrected chi connectivity index (χ0v) is 13.9. The van der Waals surface area contributed by atoms with Gasteiger partial charge < -0.3 is 5.32 Å². The zero-order valence-electron chi connectivity index (χ0n) is 13.1. The molecule has 2 N–H and O–H groups in total. The molecule has 0 amide bonds. The summed E-state index contributed by atoms with van der Waals surface area (Å²) < 4.78 is 27.6. The van der Waals surface area contributed by atoms with E-state index in [-0.39, 0.29) is 4.90 Å². The molecule has 8 heteroatoms. The van der Waals surface area contributed by atoms with Crippen molar-refractivity contribution in [3.8, 4) is 0 Å². The van der Waals surface area contributed by atoms with Crippen LogP contribution in [0.15, 0.2) is 35.5 Å². The molecule has 23 heavy (non-hydrogen) atoms. The lowest BCUT2D eigenvalue weighted by atomic mass is 10.3. The first-order valence-electron chi connectivity index (χ1n) is 7.76. The lowest BCUT2D eigenvalue weighted by Gasteiger charge is -2.09. The van der Waals surface area contributed by atoms with Gasteiger partial charge in [-0.25, -0.2) is 18.1 Å². The van der Waals surface area contributed by atoms with Crippen LogP contribution in [-0.2, 0) is 16.6 Å². The van der Waals surface area contributed by atoms with Crippen LogP contribution in [0.5, 0.6) is 0 Å². The summed E-state index contributed by atoms with van der Waals surface area (Å²) in [5, 5.41) is 7.76. The van der Waals surface area contributed by atoms with Gasteiger partial charge in [0.1, 0.15) is 10.7 Å². The Morgan fingerprint density at radius 1 is 1.26 bits per heavy atom. The molecule has 124 valence electrons. The Bertz CT molecular complexity index is 748. The van der Waals surface area contributed by atoms with Crippen LogP contribution in [0.25, 0.3) is 0 Å². The molecule has 0 atom stereocenters. The Morgan fingerprint density at radius 3 is 2.70 bits per heavy atom. The van der Waals surface area contributed by atoms with Gasteiger partial charge in [-0.15, -0.1) is 0 Å². The number of anilines is 1. The van der Waals surface area contributed by atoms with E-state index in [1.807, 2.05) is 12.3 Å². The fourth-order valence-corrected chi connectivity index (χ4v) is 3.46. The highest BCUT2D eigenvalue weighted by Gasteiger charge is 2.17. The molecule has 1 fully saturated rings. The molecule has 7 nitrogen and oxygen atoms in total. The Morgan fingerprint density at radius 2 is 2.04 bits per heavy atom. The van der Waals surface area contributed by atoms with E-state index in [9.17, 15) is 8.42 Å². The molecule has 0 radical (unpaired) electrons. The highest BCUT2D eigenvalue weighted by Crippen LogP contribution is 2.28. The van der Waals surface area contributed by atoms with Gasteiger partial charge in [-0.1, -0.05) is 12.8 Å². The van der Waals surface area contributed by atoms with E-state index in [4.69, 9.17) is 0 Å². The first-order chi connectivity index (χ1) is 11.1. The second-order valence-corrected chi connectivity index (χ2v) is 7.55. The van der Waals surface area contributed by atoms with Gasteiger partial charge in [0.05, 0.1) is 18.3 Å². The van der Waals surface area contributed by atoms with Crippen molar-refractivity contribution in [2.24, 2.45) is 0 Å². The van der Waals surface area contributed by atoms with Crippen molar-refractivity contribution in [1.82, 2.24) is 19.5 Å². The van der Waals surface area contributed by atoms with Gasteiger partial charge in [-0.05, 0) is 38.1 Å². The fourth-order valence-electron chi connectivity index (χ4n) is 2.79. The maximum atomic E-state index is 11.6. The van der Waals surface area contributed by atoms with E-state index in [0.29, 0.717) is 18.4 Å². The molecule has 2 aromatic heterocycles. The summed E-state index contributed by atoms with van der Waals surface area (Å²) in [5.74, 6) is 0.621. The van der Waals surface area contributed by atoms with Gasteiger partial charge in [-0.2, -0.15) is 5.10 Å². The van der Waals surface area contributed by atoms with E-state index in [2.05, 4.69) is 24.8 Å². The van der Waals surface area contributed by atoms with Gasteiger partial charge in [0.25, 0.3) is 0 Å². The smallest absolute Gasteiger partial charge is 0.241 e. The molecule has 0 aromatic carbocycles. The van der Waals surface area contributed by atoms with Crippen molar-refractivity contribution < 1.29 is 8.42 Å². The van der Waals surface area contributed by atoms with Gasteiger partial charge in [0, 0.05) is 12.4 Å². The average Bonchev–Trinajstić information content (AvgIpc) is 3.24. The highest BCUT2D eigenvalue weighted by molar-refractivity contribution is 7.89. The molecule has 0 saturated heterocycles.